The molecule has 10 heteroatoms. The molecule has 0 aromatic heterocycles. The Kier molecular flexibility index (Phi) is 9.74. The number of ether oxygens (including phenoxy) is 2. The van der Waals surface area contributed by atoms with Crippen LogP contribution in [0.4, 0.5) is 11.4 Å². The zero-order valence-corrected chi connectivity index (χ0v) is 23.5. The van der Waals surface area contributed by atoms with Crippen LogP contribution in [0.3, 0.4) is 0 Å². The molecule has 4 aromatic carbocycles. The highest BCUT2D eigenvalue weighted by Crippen LogP contribution is 2.24. The number of hydrogen-bond acceptors (Lipinski definition) is 6. The number of carboxylic acid groups (broad SMARTS) is 2. The lowest BCUT2D eigenvalue weighted by Gasteiger charge is -2.13. The smallest absolute Gasteiger partial charge is 0.337 e. The van der Waals surface area contributed by atoms with E-state index in [2.05, 4.69) is 10.6 Å². The number of nitrogens with one attached hydrogen (secondary N) is 2. The lowest BCUT2D eigenvalue weighted by molar-refractivity contribution is -0.118. The minimum absolute atomic E-state index is 0.104. The predicted octanol–water partition coefficient (Wildman–Crippen LogP) is 5.33. The molecule has 0 aliphatic heterocycles. The Morgan fingerprint density at radius 3 is 1.37 bits per heavy atom. The molecule has 4 rings (SSSR count). The molecule has 0 aliphatic rings. The Balaban J connectivity index is 1.43. The van der Waals surface area contributed by atoms with E-state index >= 15 is 0 Å². The zero-order valence-electron chi connectivity index (χ0n) is 23.5. The standard InChI is InChI=1S/C33H30N2O8/c1-20-7-3-5-9-28(20)42-18-30(36)34-26-13-11-22(16-24(26)32(38)39)15-23-12-14-27(25(17-23)33(40)41)35-31(37)19-43-29-10-6-4-8-21(29)2/h3-14,16-17H,15,18-19H2,1-2H3,(H,34,36)(H,35,37)(H,38,39)(H,40,41). The normalized spacial score (nSPS) is 10.5. The van der Waals surface area contributed by atoms with E-state index in [0.717, 1.165) is 11.1 Å². The molecule has 4 aromatic rings. The van der Waals surface area contributed by atoms with E-state index in [4.69, 9.17) is 9.47 Å². The van der Waals surface area contributed by atoms with Gasteiger partial charge in [-0.05, 0) is 78.9 Å². The first-order chi connectivity index (χ1) is 20.6. The lowest BCUT2D eigenvalue weighted by atomic mass is 9.99. The maximum atomic E-state index is 12.5. The molecule has 2 amide bonds. The van der Waals surface area contributed by atoms with Crippen molar-refractivity contribution in [1.82, 2.24) is 0 Å². The molecule has 220 valence electrons. The van der Waals surface area contributed by atoms with Crippen molar-refractivity contribution >= 4 is 35.1 Å². The molecule has 0 spiro atoms. The first kappa shape index (κ1) is 30.3. The summed E-state index contributed by atoms with van der Waals surface area (Å²) in [7, 11) is 0. The second-order valence-corrected chi connectivity index (χ2v) is 9.75. The number of para-hydroxylation sites is 2. The van der Waals surface area contributed by atoms with E-state index in [9.17, 15) is 29.4 Å². The van der Waals surface area contributed by atoms with Gasteiger partial charge in [0.2, 0.25) is 0 Å². The van der Waals surface area contributed by atoms with Gasteiger partial charge in [-0.3, -0.25) is 9.59 Å². The van der Waals surface area contributed by atoms with E-state index in [1.165, 1.54) is 24.3 Å². The molecule has 43 heavy (non-hydrogen) atoms. The van der Waals surface area contributed by atoms with E-state index in [0.29, 0.717) is 22.6 Å². The Hall–Kier alpha value is -5.64. The van der Waals surface area contributed by atoms with Gasteiger partial charge in [-0.15, -0.1) is 0 Å². The zero-order chi connectivity index (χ0) is 30.9. The van der Waals surface area contributed by atoms with E-state index < -0.39 is 23.8 Å². The summed E-state index contributed by atoms with van der Waals surface area (Å²) in [4.78, 5) is 48.9. The molecule has 0 saturated heterocycles. The number of amides is 2. The number of benzene rings is 4. The number of aromatic carboxylic acids is 2. The number of hydrogen-bond donors (Lipinski definition) is 4. The molecule has 0 radical (unpaired) electrons. The molecular weight excluding hydrogens is 552 g/mol. The van der Waals surface area contributed by atoms with Crippen molar-refractivity contribution in [1.29, 1.82) is 0 Å². The van der Waals surface area contributed by atoms with Crippen LogP contribution >= 0.6 is 0 Å². The van der Waals surface area contributed by atoms with Gasteiger partial charge in [-0.25, -0.2) is 9.59 Å². The van der Waals surface area contributed by atoms with Crippen molar-refractivity contribution in [2.24, 2.45) is 0 Å². The van der Waals surface area contributed by atoms with Crippen LogP contribution in [0.25, 0.3) is 0 Å². The van der Waals surface area contributed by atoms with Gasteiger partial charge in [0.1, 0.15) is 11.5 Å². The highest BCUT2D eigenvalue weighted by molar-refractivity contribution is 6.02. The molecular formula is C33H30N2O8. The summed E-state index contributed by atoms with van der Waals surface area (Å²) in [5.41, 5.74) is 2.82. The highest BCUT2D eigenvalue weighted by Gasteiger charge is 2.17. The SMILES string of the molecule is Cc1ccccc1OCC(=O)Nc1ccc(Cc2ccc(NC(=O)COc3ccccc3C)c(C(=O)O)c2)cc1C(=O)O. The third-order valence-electron chi connectivity index (χ3n) is 6.49. The number of carboxylic acids is 2. The van der Waals surface area contributed by atoms with Gasteiger partial charge in [0.05, 0.1) is 22.5 Å². The largest absolute Gasteiger partial charge is 0.483 e. The summed E-state index contributed by atoms with van der Waals surface area (Å²) in [5.74, 6) is -2.43. The molecule has 0 heterocycles. The summed E-state index contributed by atoms with van der Waals surface area (Å²) in [5, 5.41) is 24.7. The monoisotopic (exact) mass is 582 g/mol. The third-order valence-corrected chi connectivity index (χ3v) is 6.49. The molecule has 4 N–H and O–H groups in total. The molecule has 0 unspecified atom stereocenters. The van der Waals surface area contributed by atoms with Gasteiger partial charge >= 0.3 is 11.9 Å². The molecule has 10 nitrogen and oxygen atoms in total. The Bertz CT molecular complexity index is 1560. The Morgan fingerprint density at radius 1 is 0.605 bits per heavy atom. The maximum Gasteiger partial charge on any atom is 0.337 e. The number of aryl methyl sites for hydroxylation is 2. The Labute approximate surface area is 247 Å². The third kappa shape index (κ3) is 8.20. The quantitative estimate of drug-likeness (QED) is 0.175. The molecule has 0 aliphatic carbocycles. The van der Waals surface area contributed by atoms with Crippen LogP contribution in [0.15, 0.2) is 84.9 Å². The average molecular weight is 583 g/mol. The number of carbonyl (C=O) groups excluding carboxylic acids is 2. The maximum absolute atomic E-state index is 12.5. The summed E-state index contributed by atoms with van der Waals surface area (Å²) >= 11 is 0. The molecule has 0 bridgehead atoms. The van der Waals surface area contributed by atoms with E-state index in [1.54, 1.807) is 36.4 Å². The fourth-order valence-electron chi connectivity index (χ4n) is 4.31. The van der Waals surface area contributed by atoms with Crippen LogP contribution < -0.4 is 20.1 Å². The fourth-order valence-corrected chi connectivity index (χ4v) is 4.31. The van der Waals surface area contributed by atoms with Crippen molar-refractivity contribution in [2.75, 3.05) is 23.8 Å². The van der Waals surface area contributed by atoms with Gasteiger partial charge in [0.15, 0.2) is 13.2 Å². The van der Waals surface area contributed by atoms with Crippen molar-refractivity contribution in [2.45, 2.75) is 20.3 Å². The summed E-state index contributed by atoms with van der Waals surface area (Å²) in [6.45, 7) is 3.09. The van der Waals surface area contributed by atoms with Gasteiger partial charge in [0, 0.05) is 0 Å². The number of anilines is 2. The molecule has 0 atom stereocenters. The second-order valence-electron chi connectivity index (χ2n) is 9.75. The summed E-state index contributed by atoms with van der Waals surface area (Å²) in [6.07, 6.45) is 0.204. The van der Waals surface area contributed by atoms with Crippen molar-refractivity contribution in [3.05, 3.63) is 118 Å². The first-order valence-electron chi connectivity index (χ1n) is 13.3. The van der Waals surface area contributed by atoms with Gasteiger partial charge in [-0.2, -0.15) is 0 Å². The van der Waals surface area contributed by atoms with Gasteiger partial charge < -0.3 is 30.3 Å². The number of carbonyl (C=O) groups is 4. The van der Waals surface area contributed by atoms with E-state index in [-0.39, 0.29) is 42.1 Å². The van der Waals surface area contributed by atoms with Crippen LogP contribution in [0.1, 0.15) is 43.0 Å². The van der Waals surface area contributed by atoms with Gasteiger partial charge in [-0.1, -0.05) is 48.5 Å². The lowest BCUT2D eigenvalue weighted by Crippen LogP contribution is -2.22. The number of rotatable bonds is 12. The highest BCUT2D eigenvalue weighted by atomic mass is 16.5. The van der Waals surface area contributed by atoms with Crippen LogP contribution in [-0.4, -0.2) is 47.2 Å². The second kappa shape index (κ2) is 13.8. The summed E-state index contributed by atoms with van der Waals surface area (Å²) < 4.78 is 11.1. The predicted molar refractivity (Wildman–Crippen MR) is 160 cm³/mol. The van der Waals surface area contributed by atoms with Crippen LogP contribution in [-0.2, 0) is 16.0 Å². The van der Waals surface area contributed by atoms with Crippen molar-refractivity contribution < 1.29 is 38.9 Å². The average Bonchev–Trinajstić information content (AvgIpc) is 2.97. The Morgan fingerprint density at radius 2 is 1.00 bits per heavy atom. The first-order valence-corrected chi connectivity index (χ1v) is 13.3. The topological polar surface area (TPSA) is 151 Å². The summed E-state index contributed by atoms with van der Waals surface area (Å²) in [6, 6.07) is 23.5. The van der Waals surface area contributed by atoms with Crippen LogP contribution in [0.2, 0.25) is 0 Å². The van der Waals surface area contributed by atoms with Crippen molar-refractivity contribution in [3.8, 4) is 11.5 Å². The van der Waals surface area contributed by atoms with Gasteiger partial charge in [0.25, 0.3) is 11.8 Å². The van der Waals surface area contributed by atoms with Crippen LogP contribution in [0.5, 0.6) is 11.5 Å². The van der Waals surface area contributed by atoms with Crippen molar-refractivity contribution in [3.63, 3.8) is 0 Å². The van der Waals surface area contributed by atoms with Crippen LogP contribution in [0, 0.1) is 13.8 Å². The molecule has 0 saturated carbocycles. The fraction of sp³-hybridized carbons (Fsp3) is 0.152. The minimum atomic E-state index is -1.24. The van der Waals surface area contributed by atoms with E-state index in [1.807, 2.05) is 38.1 Å². The minimum Gasteiger partial charge on any atom is -0.483 e. The molecule has 0 fully saturated rings.